The van der Waals surface area contributed by atoms with Crippen molar-refractivity contribution in [2.45, 2.75) is 13.3 Å². The summed E-state index contributed by atoms with van der Waals surface area (Å²) >= 11 is 0. The van der Waals surface area contributed by atoms with E-state index < -0.39 is 0 Å². The van der Waals surface area contributed by atoms with Crippen LogP contribution in [0.1, 0.15) is 12.6 Å². The van der Waals surface area contributed by atoms with Crippen LogP contribution in [-0.2, 0) is 6.42 Å². The van der Waals surface area contributed by atoms with E-state index in [9.17, 15) is 4.79 Å². The van der Waals surface area contributed by atoms with Crippen LogP contribution >= 0.6 is 0 Å². The Balaban J connectivity index is 2.04. The first-order valence-corrected chi connectivity index (χ1v) is 8.56. The molecule has 5 nitrogen and oxygen atoms in total. The van der Waals surface area contributed by atoms with Crippen LogP contribution in [0.3, 0.4) is 0 Å². The van der Waals surface area contributed by atoms with Crippen molar-refractivity contribution in [3.05, 3.63) is 76.7 Å². The van der Waals surface area contributed by atoms with Crippen LogP contribution in [0.25, 0.3) is 28.0 Å². The number of fused-ring (bicyclic) bond motifs is 1. The molecule has 0 radical (unpaired) electrons. The summed E-state index contributed by atoms with van der Waals surface area (Å²) in [6.45, 7) is 2.06. The molecule has 2 heterocycles. The quantitative estimate of drug-likeness (QED) is 0.610. The summed E-state index contributed by atoms with van der Waals surface area (Å²) in [6, 6.07) is 19.1. The number of nitrogens with one attached hydrogen (secondary N) is 1. The molecule has 0 bridgehead atoms. The molecule has 0 unspecified atom stereocenters. The summed E-state index contributed by atoms with van der Waals surface area (Å²) in [5.74, 6) is 0.691. The number of aromatic nitrogens is 3. The fourth-order valence-corrected chi connectivity index (χ4v) is 3.24. The zero-order valence-electron chi connectivity index (χ0n) is 14.7. The van der Waals surface area contributed by atoms with Crippen LogP contribution in [-0.4, -0.2) is 21.7 Å². The van der Waals surface area contributed by atoms with E-state index in [4.69, 9.17) is 9.72 Å². The van der Waals surface area contributed by atoms with E-state index in [1.165, 1.54) is 10.6 Å². The van der Waals surface area contributed by atoms with Crippen molar-refractivity contribution >= 4 is 5.65 Å². The first-order valence-electron chi connectivity index (χ1n) is 8.56. The van der Waals surface area contributed by atoms with E-state index in [1.54, 1.807) is 7.11 Å². The van der Waals surface area contributed by atoms with Crippen LogP contribution in [0.5, 0.6) is 5.75 Å². The van der Waals surface area contributed by atoms with Crippen molar-refractivity contribution in [1.29, 1.82) is 0 Å². The number of ether oxygens (including phenoxy) is 1. The highest BCUT2D eigenvalue weighted by molar-refractivity contribution is 5.81. The molecule has 5 heteroatoms. The number of nitrogens with zero attached hydrogens (tertiary/aromatic N) is 2. The molecule has 0 aliphatic carbocycles. The third-order valence-corrected chi connectivity index (χ3v) is 4.49. The molecule has 0 aliphatic heterocycles. The van der Waals surface area contributed by atoms with E-state index in [2.05, 4.69) is 12.0 Å². The maximum Gasteiger partial charge on any atom is 0.273 e. The maximum atomic E-state index is 12.7. The molecule has 0 fully saturated rings. The number of H-pyrrole nitrogens is 1. The number of methoxy groups -OCH3 is 1. The molecule has 0 saturated carbocycles. The maximum absolute atomic E-state index is 12.7. The smallest absolute Gasteiger partial charge is 0.273 e. The highest BCUT2D eigenvalue weighted by Gasteiger charge is 2.17. The van der Waals surface area contributed by atoms with E-state index in [1.807, 2.05) is 54.6 Å². The van der Waals surface area contributed by atoms with Gasteiger partial charge < -0.3 is 4.74 Å². The van der Waals surface area contributed by atoms with Gasteiger partial charge >= 0.3 is 0 Å². The Bertz CT molecular complexity index is 1130. The molecule has 4 aromatic rings. The van der Waals surface area contributed by atoms with Crippen molar-refractivity contribution in [3.8, 4) is 28.1 Å². The number of aromatic amines is 1. The predicted molar refractivity (Wildman–Crippen MR) is 103 cm³/mol. The Labute approximate surface area is 150 Å². The monoisotopic (exact) mass is 345 g/mol. The summed E-state index contributed by atoms with van der Waals surface area (Å²) in [5.41, 5.74) is 4.86. The molecule has 0 atom stereocenters. The fraction of sp³-hybridized carbons (Fsp3) is 0.143. The van der Waals surface area contributed by atoms with Gasteiger partial charge in [-0.2, -0.15) is 0 Å². The Morgan fingerprint density at radius 2 is 1.81 bits per heavy atom. The summed E-state index contributed by atoms with van der Waals surface area (Å²) < 4.78 is 6.95. The van der Waals surface area contributed by atoms with Gasteiger partial charge in [-0.05, 0) is 24.1 Å². The minimum absolute atomic E-state index is 0.146. The number of aryl methyl sites for hydroxylation is 1. The van der Waals surface area contributed by atoms with E-state index >= 15 is 0 Å². The van der Waals surface area contributed by atoms with E-state index in [0.29, 0.717) is 17.1 Å². The van der Waals surface area contributed by atoms with Gasteiger partial charge in [0.1, 0.15) is 5.75 Å². The second kappa shape index (κ2) is 6.52. The Morgan fingerprint density at radius 3 is 2.54 bits per heavy atom. The standard InChI is InChI=1S/C21H19N3O2/c1-3-16-20(14-9-5-4-6-10-14)21-22-17(13-19(25)24(21)23-16)15-11-7-8-12-18(15)26-2/h4-13,23H,3H2,1-2H3. The minimum Gasteiger partial charge on any atom is -0.496 e. The van der Waals surface area contributed by atoms with Gasteiger partial charge in [0.05, 0.1) is 12.8 Å². The van der Waals surface area contributed by atoms with E-state index in [0.717, 1.165) is 28.8 Å². The molecule has 4 rings (SSSR count). The SMILES string of the molecule is CCc1[nH]n2c(=O)cc(-c3ccccc3OC)nc2c1-c1ccccc1. The molecule has 2 aromatic heterocycles. The van der Waals surface area contributed by atoms with Gasteiger partial charge in [0.2, 0.25) is 0 Å². The summed E-state index contributed by atoms with van der Waals surface area (Å²) in [7, 11) is 1.62. The lowest BCUT2D eigenvalue weighted by Gasteiger charge is -2.08. The molecule has 0 amide bonds. The van der Waals surface area contributed by atoms with Gasteiger partial charge in [-0.15, -0.1) is 0 Å². The molecule has 130 valence electrons. The van der Waals surface area contributed by atoms with Crippen molar-refractivity contribution in [3.63, 3.8) is 0 Å². The largest absolute Gasteiger partial charge is 0.496 e. The lowest BCUT2D eigenvalue weighted by molar-refractivity contribution is 0.416. The molecular weight excluding hydrogens is 326 g/mol. The average molecular weight is 345 g/mol. The first kappa shape index (κ1) is 16.1. The lowest BCUT2D eigenvalue weighted by Crippen LogP contribution is -2.14. The average Bonchev–Trinajstić information content (AvgIpc) is 3.07. The molecule has 1 N–H and O–H groups in total. The van der Waals surface area contributed by atoms with Crippen molar-refractivity contribution in [1.82, 2.24) is 14.6 Å². The van der Waals surface area contributed by atoms with Crippen molar-refractivity contribution < 1.29 is 4.74 Å². The van der Waals surface area contributed by atoms with Crippen LogP contribution < -0.4 is 10.3 Å². The third kappa shape index (κ3) is 2.58. The van der Waals surface area contributed by atoms with E-state index in [-0.39, 0.29) is 5.56 Å². The van der Waals surface area contributed by atoms with Gasteiger partial charge in [-0.25, -0.2) is 9.50 Å². The lowest BCUT2D eigenvalue weighted by atomic mass is 10.0. The topological polar surface area (TPSA) is 59.4 Å². The van der Waals surface area contributed by atoms with Crippen molar-refractivity contribution in [2.75, 3.05) is 7.11 Å². The van der Waals surface area contributed by atoms with Crippen LogP contribution in [0.4, 0.5) is 0 Å². The molecule has 0 spiro atoms. The number of rotatable bonds is 4. The van der Waals surface area contributed by atoms with Gasteiger partial charge in [0, 0.05) is 22.9 Å². The minimum atomic E-state index is -0.146. The molecular formula is C21H19N3O2. The zero-order valence-corrected chi connectivity index (χ0v) is 14.7. The van der Waals surface area contributed by atoms with Gasteiger partial charge in [-0.1, -0.05) is 49.4 Å². The van der Waals surface area contributed by atoms with Gasteiger partial charge in [0.15, 0.2) is 5.65 Å². The number of hydrogen-bond donors (Lipinski definition) is 1. The number of hydrogen-bond acceptors (Lipinski definition) is 3. The molecule has 0 aliphatic rings. The third-order valence-electron chi connectivity index (χ3n) is 4.49. The van der Waals surface area contributed by atoms with Crippen LogP contribution in [0, 0.1) is 0 Å². The highest BCUT2D eigenvalue weighted by atomic mass is 16.5. The molecule has 0 saturated heterocycles. The van der Waals surface area contributed by atoms with Crippen LogP contribution in [0.15, 0.2) is 65.5 Å². The highest BCUT2D eigenvalue weighted by Crippen LogP contribution is 2.31. The molecule has 26 heavy (non-hydrogen) atoms. The van der Waals surface area contributed by atoms with Gasteiger partial charge in [-0.3, -0.25) is 9.89 Å². The number of benzene rings is 2. The zero-order chi connectivity index (χ0) is 18.1. The Kier molecular flexibility index (Phi) is 4.05. The fourth-order valence-electron chi connectivity index (χ4n) is 3.24. The first-order chi connectivity index (χ1) is 12.7. The second-order valence-electron chi connectivity index (χ2n) is 6.02. The van der Waals surface area contributed by atoms with Gasteiger partial charge in [0.25, 0.3) is 5.56 Å². The van der Waals surface area contributed by atoms with Crippen LogP contribution in [0.2, 0.25) is 0 Å². The predicted octanol–water partition coefficient (Wildman–Crippen LogP) is 3.93. The summed E-state index contributed by atoms with van der Waals surface area (Å²) in [4.78, 5) is 17.5. The second-order valence-corrected chi connectivity index (χ2v) is 6.02. The summed E-state index contributed by atoms with van der Waals surface area (Å²) in [5, 5.41) is 3.20. The van der Waals surface area contributed by atoms with Crippen molar-refractivity contribution in [2.24, 2.45) is 0 Å². The normalized spacial score (nSPS) is 11.0. The molecule has 2 aromatic carbocycles. The Morgan fingerprint density at radius 1 is 1.08 bits per heavy atom. The summed E-state index contributed by atoms with van der Waals surface area (Å²) in [6.07, 6.45) is 0.775. The Hall–Kier alpha value is -3.34. The number of para-hydroxylation sites is 1.